The Kier molecular flexibility index (Phi) is 6.02. The van der Waals surface area contributed by atoms with Gasteiger partial charge in [0.25, 0.3) is 17.7 Å². The number of aromatic nitrogens is 1. The number of hydrogen-bond acceptors (Lipinski definition) is 6. The quantitative estimate of drug-likeness (QED) is 0.549. The number of anilines is 1. The van der Waals surface area contributed by atoms with Crippen molar-refractivity contribution < 1.29 is 14.4 Å². The molecule has 0 N–H and O–H groups in total. The second kappa shape index (κ2) is 9.48. The van der Waals surface area contributed by atoms with E-state index >= 15 is 0 Å². The highest BCUT2D eigenvalue weighted by Gasteiger charge is 2.37. The standard InChI is InChI=1S/C27H27N5O3S/c33-25(21-6-7-23-20(16-21)8-10-32(23)26(34)19-4-2-1-3-5-19)31-17-22(18-31)29-11-13-30(14-12-29)27(35)24-28-9-15-36-24/h1-7,9,15-16,22H,8,10-14,17-18H2. The van der Waals surface area contributed by atoms with Crippen molar-refractivity contribution in [2.45, 2.75) is 12.5 Å². The Morgan fingerprint density at radius 2 is 1.58 bits per heavy atom. The summed E-state index contributed by atoms with van der Waals surface area (Å²) in [5.41, 5.74) is 3.29. The molecule has 0 saturated carbocycles. The minimum Gasteiger partial charge on any atom is -0.335 e. The van der Waals surface area contributed by atoms with Gasteiger partial charge in [0.05, 0.1) is 0 Å². The molecule has 8 nitrogen and oxygen atoms in total. The van der Waals surface area contributed by atoms with Crippen molar-refractivity contribution in [1.29, 1.82) is 0 Å². The number of hydrogen-bond donors (Lipinski definition) is 0. The predicted octanol–water partition coefficient (Wildman–Crippen LogP) is 2.63. The molecule has 3 aromatic rings. The minimum absolute atomic E-state index is 0.00698. The Morgan fingerprint density at radius 3 is 2.31 bits per heavy atom. The van der Waals surface area contributed by atoms with E-state index in [9.17, 15) is 14.4 Å². The molecule has 2 saturated heterocycles. The summed E-state index contributed by atoms with van der Waals surface area (Å²) >= 11 is 1.38. The lowest BCUT2D eigenvalue weighted by Crippen LogP contribution is -2.64. The SMILES string of the molecule is O=C(c1ccc2c(c1)CCN2C(=O)c1ccccc1)N1CC(N2CCN(C(=O)c3nccs3)CC2)C1. The number of likely N-dealkylation sites (tertiary alicyclic amines) is 1. The molecule has 36 heavy (non-hydrogen) atoms. The van der Waals surface area contributed by atoms with Crippen molar-refractivity contribution in [2.24, 2.45) is 0 Å². The Labute approximate surface area is 213 Å². The first-order valence-electron chi connectivity index (χ1n) is 12.3. The maximum absolute atomic E-state index is 13.1. The first-order chi connectivity index (χ1) is 17.6. The van der Waals surface area contributed by atoms with Crippen LogP contribution in [0.3, 0.4) is 0 Å². The number of rotatable bonds is 4. The summed E-state index contributed by atoms with van der Waals surface area (Å²) in [4.78, 5) is 50.6. The third-order valence-corrected chi connectivity index (χ3v) is 8.13. The van der Waals surface area contributed by atoms with Crippen LogP contribution in [0, 0.1) is 0 Å². The third-order valence-electron chi connectivity index (χ3n) is 7.37. The predicted molar refractivity (Wildman–Crippen MR) is 138 cm³/mol. The molecule has 184 valence electrons. The molecule has 0 radical (unpaired) electrons. The molecule has 6 rings (SSSR count). The van der Waals surface area contributed by atoms with Crippen LogP contribution in [0.15, 0.2) is 60.1 Å². The van der Waals surface area contributed by atoms with Gasteiger partial charge < -0.3 is 14.7 Å². The van der Waals surface area contributed by atoms with Gasteiger partial charge in [-0.2, -0.15) is 0 Å². The van der Waals surface area contributed by atoms with Gasteiger partial charge in [-0.25, -0.2) is 4.98 Å². The van der Waals surface area contributed by atoms with Crippen LogP contribution in [-0.2, 0) is 6.42 Å². The monoisotopic (exact) mass is 501 g/mol. The number of carbonyl (C=O) groups is 3. The minimum atomic E-state index is -0.00698. The molecule has 3 aliphatic heterocycles. The Balaban J connectivity index is 1.03. The molecular formula is C27H27N5O3S. The number of fused-ring (bicyclic) bond motifs is 1. The molecule has 3 aliphatic rings. The van der Waals surface area contributed by atoms with Crippen LogP contribution in [0.4, 0.5) is 5.69 Å². The van der Waals surface area contributed by atoms with Crippen molar-refractivity contribution in [3.63, 3.8) is 0 Å². The highest BCUT2D eigenvalue weighted by atomic mass is 32.1. The molecule has 1 aromatic heterocycles. The average Bonchev–Trinajstić information content (AvgIpc) is 3.58. The first-order valence-corrected chi connectivity index (χ1v) is 13.2. The molecule has 0 spiro atoms. The molecule has 0 bridgehead atoms. The maximum Gasteiger partial charge on any atom is 0.282 e. The first kappa shape index (κ1) is 22.9. The number of thiazole rings is 1. The summed E-state index contributed by atoms with van der Waals surface area (Å²) in [5.74, 6) is 0.0441. The van der Waals surface area contributed by atoms with Crippen LogP contribution in [0.5, 0.6) is 0 Å². The summed E-state index contributed by atoms with van der Waals surface area (Å²) in [6.07, 6.45) is 2.41. The number of piperazine rings is 1. The number of carbonyl (C=O) groups excluding carboxylic acids is 3. The van der Waals surface area contributed by atoms with Crippen LogP contribution in [0.25, 0.3) is 0 Å². The van der Waals surface area contributed by atoms with E-state index in [1.165, 1.54) is 11.3 Å². The van der Waals surface area contributed by atoms with Gasteiger partial charge >= 0.3 is 0 Å². The van der Waals surface area contributed by atoms with Gasteiger partial charge in [-0.3, -0.25) is 19.3 Å². The number of amides is 3. The zero-order chi connectivity index (χ0) is 24.6. The molecule has 0 unspecified atom stereocenters. The van der Waals surface area contributed by atoms with Crippen molar-refractivity contribution in [3.8, 4) is 0 Å². The summed E-state index contributed by atoms with van der Waals surface area (Å²) in [6.45, 7) is 5.03. The Hall–Kier alpha value is -3.56. The van der Waals surface area contributed by atoms with Crippen LogP contribution >= 0.6 is 11.3 Å². The second-order valence-electron chi connectivity index (χ2n) is 9.45. The fourth-order valence-corrected chi connectivity index (χ4v) is 5.87. The summed E-state index contributed by atoms with van der Waals surface area (Å²) in [6, 6.07) is 15.3. The topological polar surface area (TPSA) is 77.1 Å². The van der Waals surface area contributed by atoms with Gasteiger partial charge in [-0.1, -0.05) is 18.2 Å². The zero-order valence-electron chi connectivity index (χ0n) is 19.9. The Bertz CT molecular complexity index is 1280. The van der Waals surface area contributed by atoms with E-state index in [-0.39, 0.29) is 17.7 Å². The normalized spacial score (nSPS) is 18.2. The van der Waals surface area contributed by atoms with Gasteiger partial charge in [0.1, 0.15) is 0 Å². The van der Waals surface area contributed by atoms with Crippen LogP contribution < -0.4 is 4.90 Å². The highest BCUT2D eigenvalue weighted by Crippen LogP contribution is 2.31. The fraction of sp³-hybridized carbons (Fsp3) is 0.333. The molecule has 0 aliphatic carbocycles. The molecule has 3 amide bonds. The van der Waals surface area contributed by atoms with Crippen LogP contribution in [0.1, 0.15) is 36.1 Å². The summed E-state index contributed by atoms with van der Waals surface area (Å²) in [5, 5.41) is 2.37. The summed E-state index contributed by atoms with van der Waals surface area (Å²) < 4.78 is 0. The van der Waals surface area contributed by atoms with Gasteiger partial charge in [0.2, 0.25) is 0 Å². The van der Waals surface area contributed by atoms with E-state index in [2.05, 4.69) is 9.88 Å². The van der Waals surface area contributed by atoms with Gasteiger partial charge in [0, 0.05) is 80.2 Å². The van der Waals surface area contributed by atoms with E-state index in [1.54, 1.807) is 11.1 Å². The zero-order valence-corrected chi connectivity index (χ0v) is 20.7. The van der Waals surface area contributed by atoms with Gasteiger partial charge in [-0.15, -0.1) is 11.3 Å². The molecule has 2 fully saturated rings. The van der Waals surface area contributed by atoms with Crippen molar-refractivity contribution in [2.75, 3.05) is 50.7 Å². The average molecular weight is 502 g/mol. The third kappa shape index (κ3) is 4.18. The van der Waals surface area contributed by atoms with E-state index in [0.29, 0.717) is 54.9 Å². The molecule has 2 aromatic carbocycles. The molecule has 9 heteroatoms. The van der Waals surface area contributed by atoms with E-state index in [1.807, 2.05) is 63.7 Å². The molecular weight excluding hydrogens is 474 g/mol. The smallest absolute Gasteiger partial charge is 0.282 e. The van der Waals surface area contributed by atoms with Crippen molar-refractivity contribution >= 4 is 34.7 Å². The molecule has 4 heterocycles. The molecule has 0 atom stereocenters. The van der Waals surface area contributed by atoms with Gasteiger partial charge in [-0.05, 0) is 42.3 Å². The lowest BCUT2D eigenvalue weighted by molar-refractivity contribution is 0.00852. The summed E-state index contributed by atoms with van der Waals surface area (Å²) in [7, 11) is 0. The van der Waals surface area contributed by atoms with Gasteiger partial charge in [0.15, 0.2) is 5.01 Å². The van der Waals surface area contributed by atoms with Crippen LogP contribution in [0.2, 0.25) is 0 Å². The number of benzene rings is 2. The van der Waals surface area contributed by atoms with Crippen LogP contribution in [-0.4, -0.2) is 89.3 Å². The highest BCUT2D eigenvalue weighted by molar-refractivity contribution is 7.11. The Morgan fingerprint density at radius 1 is 0.806 bits per heavy atom. The van der Waals surface area contributed by atoms with E-state index in [4.69, 9.17) is 0 Å². The van der Waals surface area contributed by atoms with Crippen molar-refractivity contribution in [3.05, 3.63) is 81.8 Å². The lowest BCUT2D eigenvalue weighted by Gasteiger charge is -2.48. The van der Waals surface area contributed by atoms with E-state index < -0.39 is 0 Å². The maximum atomic E-state index is 13.1. The fourth-order valence-electron chi connectivity index (χ4n) is 5.27. The lowest BCUT2D eigenvalue weighted by atomic mass is 10.0. The van der Waals surface area contributed by atoms with Crippen molar-refractivity contribution in [1.82, 2.24) is 19.7 Å². The van der Waals surface area contributed by atoms with E-state index in [0.717, 1.165) is 30.8 Å². The largest absolute Gasteiger partial charge is 0.335 e. The number of nitrogens with zero attached hydrogens (tertiary/aromatic N) is 5. The second-order valence-corrected chi connectivity index (χ2v) is 10.3.